The number of ether oxygens (including phenoxy) is 1. The normalized spacial score (nSPS) is 12.1. The molecule has 3 aromatic rings. The van der Waals surface area contributed by atoms with Crippen LogP contribution in [-0.2, 0) is 19.9 Å². The van der Waals surface area contributed by atoms with Gasteiger partial charge in [-0.15, -0.1) is 0 Å². The summed E-state index contributed by atoms with van der Waals surface area (Å²) < 4.78 is 4.78. The van der Waals surface area contributed by atoms with Crippen LogP contribution in [-0.4, -0.2) is 19.0 Å². The fourth-order valence-electron chi connectivity index (χ4n) is 3.60. The Hall–Kier alpha value is -3.40. The molecule has 0 radical (unpaired) electrons. The molecule has 0 saturated heterocycles. The Morgan fingerprint density at radius 2 is 1.17 bits per heavy atom. The Kier molecular flexibility index (Phi) is 6.45. The molecule has 0 fully saturated rings. The fourth-order valence-corrected chi connectivity index (χ4v) is 3.60. The number of carbonyl (C=O) groups excluding carboxylic acids is 2. The second kappa shape index (κ2) is 9.20. The molecule has 1 atom stereocenters. The van der Waals surface area contributed by atoms with E-state index in [0.29, 0.717) is 0 Å². The summed E-state index contributed by atoms with van der Waals surface area (Å²) in [5.74, 6) is -1.15. The highest BCUT2D eigenvalue weighted by Gasteiger charge is 2.38. The molecule has 4 heteroatoms. The molecule has 0 spiro atoms. The Labute approximate surface area is 171 Å². The Bertz CT molecular complexity index is 843. The van der Waals surface area contributed by atoms with Gasteiger partial charge in [0.1, 0.15) is 5.54 Å². The molecule has 0 bridgehead atoms. The van der Waals surface area contributed by atoms with E-state index >= 15 is 0 Å². The zero-order chi connectivity index (χ0) is 20.7. The maximum absolute atomic E-state index is 13.1. The van der Waals surface area contributed by atoms with Crippen molar-refractivity contribution in [1.29, 1.82) is 0 Å². The molecule has 1 N–H and O–H groups in total. The molecule has 3 aromatic carbocycles. The molecule has 29 heavy (non-hydrogen) atoms. The number of nitrogens with one attached hydrogen (secondary N) is 1. The molecule has 0 aliphatic rings. The molecule has 0 aliphatic carbocycles. The first-order chi connectivity index (χ1) is 14.1. The van der Waals surface area contributed by atoms with Crippen molar-refractivity contribution in [1.82, 2.24) is 5.32 Å². The predicted octanol–water partition coefficient (Wildman–Crippen LogP) is 4.29. The number of rotatable bonds is 7. The third-order valence-corrected chi connectivity index (χ3v) is 5.04. The van der Waals surface area contributed by atoms with E-state index in [4.69, 9.17) is 4.74 Å². The molecule has 0 heterocycles. The summed E-state index contributed by atoms with van der Waals surface area (Å²) in [5, 5.41) is 3.24. The van der Waals surface area contributed by atoms with E-state index < -0.39 is 17.4 Å². The predicted molar refractivity (Wildman–Crippen MR) is 113 cm³/mol. The molecule has 148 valence electrons. The van der Waals surface area contributed by atoms with E-state index in [0.717, 1.165) is 16.7 Å². The molecule has 4 nitrogen and oxygen atoms in total. The summed E-state index contributed by atoms with van der Waals surface area (Å²) in [6.07, 6.45) is 0.0426. The topological polar surface area (TPSA) is 55.4 Å². The maximum atomic E-state index is 13.1. The quantitative estimate of drug-likeness (QED) is 0.486. The minimum atomic E-state index is -0.878. The SMILES string of the molecule is COC(=O)[C@H](C)CC(=O)NC(c1ccccc1)(c1ccccc1)c1ccccc1. The molecule has 1 amide bonds. The lowest BCUT2D eigenvalue weighted by Gasteiger charge is -2.37. The van der Waals surface area contributed by atoms with Crippen LogP contribution in [0, 0.1) is 5.92 Å². The van der Waals surface area contributed by atoms with Crippen LogP contribution in [0.15, 0.2) is 91.0 Å². The highest BCUT2D eigenvalue weighted by atomic mass is 16.5. The molecule has 0 saturated carbocycles. The molecular weight excluding hydrogens is 362 g/mol. The van der Waals surface area contributed by atoms with Gasteiger partial charge in [0.15, 0.2) is 0 Å². The zero-order valence-corrected chi connectivity index (χ0v) is 16.7. The zero-order valence-electron chi connectivity index (χ0n) is 16.7. The number of hydrogen-bond acceptors (Lipinski definition) is 3. The van der Waals surface area contributed by atoms with Crippen LogP contribution in [0.25, 0.3) is 0 Å². The fraction of sp³-hybridized carbons (Fsp3) is 0.200. The number of amides is 1. The van der Waals surface area contributed by atoms with Crippen LogP contribution in [0.3, 0.4) is 0 Å². The van der Waals surface area contributed by atoms with Crippen molar-refractivity contribution >= 4 is 11.9 Å². The van der Waals surface area contributed by atoms with E-state index in [2.05, 4.69) is 5.32 Å². The van der Waals surface area contributed by atoms with Crippen molar-refractivity contribution in [2.75, 3.05) is 7.11 Å². The van der Waals surface area contributed by atoms with Gasteiger partial charge >= 0.3 is 5.97 Å². The molecule has 0 aliphatic heterocycles. The summed E-state index contributed by atoms with van der Waals surface area (Å²) in [6, 6.07) is 29.6. The van der Waals surface area contributed by atoms with E-state index in [9.17, 15) is 9.59 Å². The highest BCUT2D eigenvalue weighted by molar-refractivity contribution is 5.84. The Morgan fingerprint density at radius 1 is 0.793 bits per heavy atom. The maximum Gasteiger partial charge on any atom is 0.308 e. The number of methoxy groups -OCH3 is 1. The first-order valence-electron chi connectivity index (χ1n) is 9.63. The number of esters is 1. The van der Waals surface area contributed by atoms with Gasteiger partial charge in [-0.1, -0.05) is 97.9 Å². The van der Waals surface area contributed by atoms with Gasteiger partial charge in [-0.2, -0.15) is 0 Å². The van der Waals surface area contributed by atoms with E-state index in [1.807, 2.05) is 91.0 Å². The van der Waals surface area contributed by atoms with Crippen LogP contribution in [0.2, 0.25) is 0 Å². The molecular formula is C25H25NO3. The summed E-state index contributed by atoms with van der Waals surface area (Å²) in [6.45, 7) is 1.70. The lowest BCUT2D eigenvalue weighted by atomic mass is 9.76. The average molecular weight is 387 g/mol. The van der Waals surface area contributed by atoms with Crippen LogP contribution in [0.5, 0.6) is 0 Å². The summed E-state index contributed by atoms with van der Waals surface area (Å²) in [4.78, 5) is 24.9. The van der Waals surface area contributed by atoms with Crippen LogP contribution in [0.4, 0.5) is 0 Å². The third-order valence-electron chi connectivity index (χ3n) is 5.04. The van der Waals surface area contributed by atoms with Crippen LogP contribution in [0.1, 0.15) is 30.0 Å². The van der Waals surface area contributed by atoms with Gasteiger partial charge < -0.3 is 10.1 Å². The number of hydrogen-bond donors (Lipinski definition) is 1. The lowest BCUT2D eigenvalue weighted by Crippen LogP contribution is -2.48. The third kappa shape index (κ3) is 4.37. The van der Waals surface area contributed by atoms with Crippen LogP contribution >= 0.6 is 0 Å². The van der Waals surface area contributed by atoms with Crippen molar-refractivity contribution in [3.63, 3.8) is 0 Å². The summed E-state index contributed by atoms with van der Waals surface area (Å²) >= 11 is 0. The smallest absolute Gasteiger partial charge is 0.308 e. The van der Waals surface area contributed by atoms with Gasteiger partial charge in [-0.05, 0) is 16.7 Å². The van der Waals surface area contributed by atoms with Crippen molar-refractivity contribution in [2.45, 2.75) is 18.9 Å². The van der Waals surface area contributed by atoms with Gasteiger partial charge in [-0.3, -0.25) is 9.59 Å². The van der Waals surface area contributed by atoms with Gasteiger partial charge in [0.25, 0.3) is 0 Å². The van der Waals surface area contributed by atoms with E-state index in [-0.39, 0.29) is 12.3 Å². The molecule has 3 rings (SSSR count). The Morgan fingerprint density at radius 3 is 1.52 bits per heavy atom. The molecule has 0 aromatic heterocycles. The van der Waals surface area contributed by atoms with E-state index in [1.54, 1.807) is 6.92 Å². The van der Waals surface area contributed by atoms with Gasteiger partial charge in [0.05, 0.1) is 13.0 Å². The number of carbonyl (C=O) groups is 2. The minimum absolute atomic E-state index is 0.0426. The second-order valence-corrected chi connectivity index (χ2v) is 7.02. The van der Waals surface area contributed by atoms with Gasteiger partial charge in [0.2, 0.25) is 5.91 Å². The lowest BCUT2D eigenvalue weighted by molar-refractivity contribution is -0.146. The van der Waals surface area contributed by atoms with Crippen molar-refractivity contribution in [3.05, 3.63) is 108 Å². The molecule has 0 unspecified atom stereocenters. The van der Waals surface area contributed by atoms with Crippen LogP contribution < -0.4 is 5.32 Å². The summed E-state index contributed by atoms with van der Waals surface area (Å²) in [7, 11) is 1.33. The van der Waals surface area contributed by atoms with Gasteiger partial charge in [-0.25, -0.2) is 0 Å². The van der Waals surface area contributed by atoms with Crippen molar-refractivity contribution in [2.24, 2.45) is 5.92 Å². The van der Waals surface area contributed by atoms with Crippen molar-refractivity contribution < 1.29 is 14.3 Å². The Balaban J connectivity index is 2.12. The van der Waals surface area contributed by atoms with Gasteiger partial charge in [0, 0.05) is 6.42 Å². The van der Waals surface area contributed by atoms with Crippen molar-refractivity contribution in [3.8, 4) is 0 Å². The minimum Gasteiger partial charge on any atom is -0.469 e. The average Bonchev–Trinajstić information content (AvgIpc) is 2.78. The number of benzene rings is 3. The monoisotopic (exact) mass is 387 g/mol. The summed E-state index contributed by atoms with van der Waals surface area (Å²) in [5.41, 5.74) is 1.95. The van der Waals surface area contributed by atoms with E-state index in [1.165, 1.54) is 7.11 Å². The standard InChI is InChI=1S/C25H25NO3/c1-19(24(28)29-2)18-23(27)26-25(20-12-6-3-7-13-20,21-14-8-4-9-15-21)22-16-10-5-11-17-22/h3-17,19H,18H2,1-2H3,(H,26,27)/t19-/m1/s1. The first-order valence-corrected chi connectivity index (χ1v) is 9.63. The largest absolute Gasteiger partial charge is 0.469 e. The first kappa shape index (κ1) is 20.3. The highest BCUT2D eigenvalue weighted by Crippen LogP contribution is 2.37. The second-order valence-electron chi connectivity index (χ2n) is 7.02.